The lowest BCUT2D eigenvalue weighted by atomic mass is 10.2. The summed E-state index contributed by atoms with van der Waals surface area (Å²) in [5, 5.41) is 2.77. The Labute approximate surface area is 138 Å². The van der Waals surface area contributed by atoms with Gasteiger partial charge in [-0.1, -0.05) is 12.1 Å². The Hall–Kier alpha value is -1.31. The van der Waals surface area contributed by atoms with Gasteiger partial charge in [0.1, 0.15) is 0 Å². The third-order valence-corrected chi connectivity index (χ3v) is 2.45. The summed E-state index contributed by atoms with van der Waals surface area (Å²) in [5.74, 6) is 0.841. The van der Waals surface area contributed by atoms with Crippen LogP contribution in [0.2, 0.25) is 0 Å². The quantitative estimate of drug-likeness (QED) is 0.489. The molecule has 0 saturated carbocycles. The summed E-state index contributed by atoms with van der Waals surface area (Å²) in [6.45, 7) is 2.08. The molecule has 0 aliphatic heterocycles. The van der Waals surface area contributed by atoms with Crippen molar-refractivity contribution in [1.82, 2.24) is 9.80 Å². The summed E-state index contributed by atoms with van der Waals surface area (Å²) >= 11 is 0. The minimum Gasteiger partial charge on any atom is -0.349 e. The largest absolute Gasteiger partial charge is 0.349 e. The van der Waals surface area contributed by atoms with Gasteiger partial charge in [-0.15, -0.1) is 24.0 Å². The van der Waals surface area contributed by atoms with Crippen LogP contribution in [-0.2, 0) is 11.3 Å². The number of rotatable bonds is 3. The van der Waals surface area contributed by atoms with Gasteiger partial charge >= 0.3 is 0 Å². The van der Waals surface area contributed by atoms with Crippen molar-refractivity contribution < 1.29 is 4.79 Å². The van der Waals surface area contributed by atoms with E-state index in [-0.39, 0.29) is 29.9 Å². The molecule has 1 N–H and O–H groups in total. The van der Waals surface area contributed by atoms with Crippen LogP contribution >= 0.6 is 24.0 Å². The van der Waals surface area contributed by atoms with Crippen LogP contribution in [0.15, 0.2) is 29.3 Å². The van der Waals surface area contributed by atoms with Gasteiger partial charge in [0.05, 0.1) is 6.54 Å². The maximum atomic E-state index is 11.0. The Balaban J connectivity index is 0.00000361. The van der Waals surface area contributed by atoms with Crippen molar-refractivity contribution in [3.05, 3.63) is 29.8 Å². The van der Waals surface area contributed by atoms with Crippen molar-refractivity contribution in [2.24, 2.45) is 4.99 Å². The fourth-order valence-electron chi connectivity index (χ4n) is 1.80. The highest BCUT2D eigenvalue weighted by molar-refractivity contribution is 14.0. The first kappa shape index (κ1) is 18.7. The first-order chi connectivity index (χ1) is 8.90. The molecule has 0 aliphatic carbocycles. The fourth-order valence-corrected chi connectivity index (χ4v) is 1.80. The first-order valence-corrected chi connectivity index (χ1v) is 6.15. The van der Waals surface area contributed by atoms with Gasteiger partial charge in [0.15, 0.2) is 5.96 Å². The average molecular weight is 390 g/mol. The maximum absolute atomic E-state index is 11.0. The summed E-state index contributed by atoms with van der Waals surface area (Å²) in [5.41, 5.74) is 1.86. The van der Waals surface area contributed by atoms with Crippen molar-refractivity contribution in [3.8, 4) is 0 Å². The molecule has 1 aromatic rings. The number of nitrogens with zero attached hydrogens (tertiary/aromatic N) is 3. The minimum absolute atomic E-state index is 0. The molecular weight excluding hydrogens is 367 g/mol. The van der Waals surface area contributed by atoms with Gasteiger partial charge in [-0.2, -0.15) is 0 Å². The number of hydrogen-bond donors (Lipinski definition) is 1. The maximum Gasteiger partial charge on any atom is 0.221 e. The van der Waals surface area contributed by atoms with Crippen molar-refractivity contribution in [2.75, 3.05) is 33.5 Å². The number of halogens is 1. The second kappa shape index (κ2) is 8.78. The number of amides is 1. The molecule has 20 heavy (non-hydrogen) atoms. The molecule has 0 fully saturated rings. The molecule has 1 aromatic carbocycles. The minimum atomic E-state index is -0.0667. The van der Waals surface area contributed by atoms with E-state index in [0.717, 1.165) is 17.2 Å². The molecule has 5 nitrogen and oxygen atoms in total. The number of hydrogen-bond acceptors (Lipinski definition) is 2. The van der Waals surface area contributed by atoms with Gasteiger partial charge in [0.25, 0.3) is 0 Å². The van der Waals surface area contributed by atoms with Gasteiger partial charge in [-0.3, -0.25) is 4.79 Å². The highest BCUT2D eigenvalue weighted by atomic mass is 127. The highest BCUT2D eigenvalue weighted by Gasteiger charge is 2.04. The standard InChI is InChI=1S/C14H22N4O.HI/c1-11(19)16-13-8-6-7-12(9-13)10-15-14(17(2)3)18(4)5;/h6-9H,10H2,1-5H3,(H,16,19);1H. The van der Waals surface area contributed by atoms with E-state index < -0.39 is 0 Å². The van der Waals surface area contributed by atoms with E-state index in [9.17, 15) is 4.79 Å². The monoisotopic (exact) mass is 390 g/mol. The van der Waals surface area contributed by atoms with Crippen LogP contribution in [0.5, 0.6) is 0 Å². The van der Waals surface area contributed by atoms with Gasteiger partial charge < -0.3 is 15.1 Å². The molecule has 0 aromatic heterocycles. The first-order valence-electron chi connectivity index (χ1n) is 6.15. The normalized spacial score (nSPS) is 9.25. The molecule has 0 aliphatic rings. The molecular formula is C14H23IN4O. The SMILES string of the molecule is CC(=O)Nc1cccc(CN=C(N(C)C)N(C)C)c1.I. The van der Waals surface area contributed by atoms with Crippen LogP contribution in [0.4, 0.5) is 5.69 Å². The zero-order chi connectivity index (χ0) is 14.4. The fraction of sp³-hybridized carbons (Fsp3) is 0.429. The van der Waals surface area contributed by atoms with Gasteiger partial charge in [-0.05, 0) is 17.7 Å². The lowest BCUT2D eigenvalue weighted by Crippen LogP contribution is -2.35. The second-order valence-corrected chi connectivity index (χ2v) is 4.79. The molecule has 0 spiro atoms. The number of benzene rings is 1. The lowest BCUT2D eigenvalue weighted by Gasteiger charge is -2.22. The third kappa shape index (κ3) is 6.23. The zero-order valence-corrected chi connectivity index (χ0v) is 15.0. The van der Waals surface area contributed by atoms with Gasteiger partial charge in [0.2, 0.25) is 5.91 Å². The van der Waals surface area contributed by atoms with E-state index in [1.54, 1.807) is 0 Å². The average Bonchev–Trinajstić information content (AvgIpc) is 2.27. The van der Waals surface area contributed by atoms with Gasteiger partial charge in [-0.25, -0.2) is 4.99 Å². The van der Waals surface area contributed by atoms with E-state index >= 15 is 0 Å². The molecule has 0 bridgehead atoms. The molecule has 0 heterocycles. The van der Waals surface area contributed by atoms with Crippen LogP contribution in [0, 0.1) is 0 Å². The van der Waals surface area contributed by atoms with Crippen LogP contribution in [-0.4, -0.2) is 49.9 Å². The number of aliphatic imine (C=N–C) groups is 1. The Kier molecular flexibility index (Phi) is 8.21. The molecule has 0 radical (unpaired) electrons. The van der Waals surface area contributed by atoms with E-state index in [2.05, 4.69) is 10.3 Å². The zero-order valence-electron chi connectivity index (χ0n) is 12.7. The topological polar surface area (TPSA) is 47.9 Å². The molecule has 0 unspecified atom stereocenters. The van der Waals surface area contributed by atoms with Gasteiger partial charge in [0, 0.05) is 40.8 Å². The Bertz CT molecular complexity index is 462. The predicted octanol–water partition coefficient (Wildman–Crippen LogP) is 2.24. The molecule has 112 valence electrons. The molecule has 1 rings (SSSR count). The molecule has 0 saturated heterocycles. The van der Waals surface area contributed by atoms with Crippen LogP contribution < -0.4 is 5.32 Å². The van der Waals surface area contributed by atoms with Crippen LogP contribution in [0.25, 0.3) is 0 Å². The van der Waals surface area contributed by atoms with Crippen molar-refractivity contribution in [3.63, 3.8) is 0 Å². The lowest BCUT2D eigenvalue weighted by molar-refractivity contribution is -0.114. The van der Waals surface area contributed by atoms with E-state index in [1.165, 1.54) is 6.92 Å². The molecule has 1 amide bonds. The summed E-state index contributed by atoms with van der Waals surface area (Å²) in [6.07, 6.45) is 0. The van der Waals surface area contributed by atoms with Crippen molar-refractivity contribution >= 4 is 41.5 Å². The number of nitrogens with one attached hydrogen (secondary N) is 1. The van der Waals surface area contributed by atoms with E-state index in [0.29, 0.717) is 6.54 Å². The van der Waals surface area contributed by atoms with Crippen LogP contribution in [0.3, 0.4) is 0 Å². The van der Waals surface area contributed by atoms with Crippen LogP contribution in [0.1, 0.15) is 12.5 Å². The smallest absolute Gasteiger partial charge is 0.221 e. The molecule has 0 atom stereocenters. The molecule has 6 heteroatoms. The van der Waals surface area contributed by atoms with E-state index in [4.69, 9.17) is 0 Å². The second-order valence-electron chi connectivity index (χ2n) is 4.79. The highest BCUT2D eigenvalue weighted by Crippen LogP contribution is 2.11. The van der Waals surface area contributed by atoms with Crippen molar-refractivity contribution in [2.45, 2.75) is 13.5 Å². The Morgan fingerprint density at radius 2 is 1.80 bits per heavy atom. The number of carbonyl (C=O) groups excluding carboxylic acids is 1. The number of carbonyl (C=O) groups is 1. The Morgan fingerprint density at radius 1 is 1.20 bits per heavy atom. The number of anilines is 1. The van der Waals surface area contributed by atoms with E-state index in [1.807, 2.05) is 62.3 Å². The predicted molar refractivity (Wildman–Crippen MR) is 94.7 cm³/mol. The summed E-state index contributed by atoms with van der Waals surface area (Å²) in [7, 11) is 7.86. The summed E-state index contributed by atoms with van der Waals surface area (Å²) in [4.78, 5) is 19.5. The Morgan fingerprint density at radius 3 is 2.30 bits per heavy atom. The number of guanidine groups is 1. The van der Waals surface area contributed by atoms with Crippen molar-refractivity contribution in [1.29, 1.82) is 0 Å². The summed E-state index contributed by atoms with van der Waals surface area (Å²) in [6, 6.07) is 7.72. The third-order valence-electron chi connectivity index (χ3n) is 2.45. The summed E-state index contributed by atoms with van der Waals surface area (Å²) < 4.78 is 0.